The van der Waals surface area contributed by atoms with Crippen molar-refractivity contribution in [3.63, 3.8) is 0 Å². The van der Waals surface area contributed by atoms with E-state index >= 15 is 0 Å². The molecule has 0 spiro atoms. The lowest BCUT2D eigenvalue weighted by molar-refractivity contribution is 0.0973. The Balaban J connectivity index is 1.57. The van der Waals surface area contributed by atoms with Crippen molar-refractivity contribution in [2.45, 2.75) is 13.8 Å². The lowest BCUT2D eigenvalue weighted by atomic mass is 10.2. The molecule has 0 bridgehead atoms. The smallest absolute Gasteiger partial charge is 0.261 e. The molecule has 3 aromatic rings. The van der Waals surface area contributed by atoms with Crippen LogP contribution in [0.5, 0.6) is 5.75 Å². The third kappa shape index (κ3) is 6.32. The van der Waals surface area contributed by atoms with E-state index in [2.05, 4.69) is 29.8 Å². The molecule has 0 aliphatic heterocycles. The van der Waals surface area contributed by atoms with Gasteiger partial charge in [0, 0.05) is 17.1 Å². The largest absolute Gasteiger partial charge is 0.492 e. The van der Waals surface area contributed by atoms with E-state index in [1.807, 2.05) is 60.7 Å². The summed E-state index contributed by atoms with van der Waals surface area (Å²) >= 11 is 5.30. The maximum atomic E-state index is 12.6. The highest BCUT2D eigenvalue weighted by Crippen LogP contribution is 2.20. The average molecular weight is 420 g/mol. The van der Waals surface area contributed by atoms with Crippen LogP contribution in [0.2, 0.25) is 0 Å². The highest BCUT2D eigenvalue weighted by atomic mass is 32.1. The van der Waals surface area contributed by atoms with E-state index in [-0.39, 0.29) is 11.0 Å². The summed E-state index contributed by atoms with van der Waals surface area (Å²) < 4.78 is 5.75. The van der Waals surface area contributed by atoms with Gasteiger partial charge in [0.25, 0.3) is 5.91 Å². The van der Waals surface area contributed by atoms with Crippen molar-refractivity contribution in [1.29, 1.82) is 0 Å². The van der Waals surface area contributed by atoms with Gasteiger partial charge < -0.3 is 15.4 Å². The Kier molecular flexibility index (Phi) is 7.40. The molecule has 6 heteroatoms. The quantitative estimate of drug-likeness (QED) is 0.436. The molecule has 154 valence electrons. The predicted octanol–water partition coefficient (Wildman–Crippen LogP) is 5.59. The van der Waals surface area contributed by atoms with Crippen molar-refractivity contribution < 1.29 is 9.53 Å². The second-order valence-corrected chi connectivity index (χ2v) is 7.59. The van der Waals surface area contributed by atoms with Crippen molar-refractivity contribution >= 4 is 40.3 Å². The summed E-state index contributed by atoms with van der Waals surface area (Å²) in [5.41, 5.74) is 3.20. The van der Waals surface area contributed by atoms with Gasteiger partial charge in [0.05, 0.1) is 12.2 Å². The number of hydrogen-bond donors (Lipinski definition) is 3. The number of ether oxygens (including phenoxy) is 1. The molecule has 0 radical (unpaired) electrons. The van der Waals surface area contributed by atoms with Crippen molar-refractivity contribution in [3.8, 4) is 5.75 Å². The molecule has 0 unspecified atom stereocenters. The summed E-state index contributed by atoms with van der Waals surface area (Å²) in [6, 6.07) is 24.7. The van der Waals surface area contributed by atoms with Crippen LogP contribution >= 0.6 is 12.2 Å². The van der Waals surface area contributed by atoms with Gasteiger partial charge in [-0.15, -0.1) is 0 Å². The molecule has 0 heterocycles. The van der Waals surface area contributed by atoms with E-state index in [4.69, 9.17) is 17.0 Å². The van der Waals surface area contributed by atoms with Crippen LogP contribution in [-0.2, 0) is 0 Å². The second-order valence-electron chi connectivity index (χ2n) is 7.18. The van der Waals surface area contributed by atoms with Crippen LogP contribution < -0.4 is 20.7 Å². The maximum absolute atomic E-state index is 12.6. The van der Waals surface area contributed by atoms with Gasteiger partial charge in [-0.25, -0.2) is 0 Å². The first kappa shape index (κ1) is 21.3. The first-order valence-electron chi connectivity index (χ1n) is 9.77. The van der Waals surface area contributed by atoms with Crippen LogP contribution in [-0.4, -0.2) is 17.6 Å². The molecule has 0 aliphatic carbocycles. The van der Waals surface area contributed by atoms with Gasteiger partial charge in [-0.3, -0.25) is 10.1 Å². The van der Waals surface area contributed by atoms with Gasteiger partial charge in [0.15, 0.2) is 5.11 Å². The second kappa shape index (κ2) is 10.4. The fourth-order valence-electron chi connectivity index (χ4n) is 2.69. The van der Waals surface area contributed by atoms with Crippen molar-refractivity contribution in [2.75, 3.05) is 17.2 Å². The van der Waals surface area contributed by atoms with Crippen molar-refractivity contribution in [1.82, 2.24) is 5.32 Å². The summed E-state index contributed by atoms with van der Waals surface area (Å²) in [5, 5.41) is 9.29. The minimum Gasteiger partial charge on any atom is -0.492 e. The molecular formula is C24H25N3O2S. The lowest BCUT2D eigenvalue weighted by Crippen LogP contribution is -2.34. The SMILES string of the molecule is CC(C)COc1ccccc1C(=O)NC(=S)Nc1ccc(Nc2ccccc2)cc1. The van der Waals surface area contributed by atoms with E-state index in [0.29, 0.717) is 23.8 Å². The Labute approximate surface area is 182 Å². The zero-order valence-corrected chi connectivity index (χ0v) is 17.8. The zero-order chi connectivity index (χ0) is 21.3. The molecule has 0 saturated heterocycles. The number of carbonyl (C=O) groups excluding carboxylic acids is 1. The fourth-order valence-corrected chi connectivity index (χ4v) is 2.90. The summed E-state index contributed by atoms with van der Waals surface area (Å²) in [6.45, 7) is 4.65. The third-order valence-electron chi connectivity index (χ3n) is 4.14. The first-order valence-corrected chi connectivity index (χ1v) is 10.2. The highest BCUT2D eigenvalue weighted by Gasteiger charge is 2.14. The van der Waals surface area contributed by atoms with Crippen LogP contribution in [0.25, 0.3) is 0 Å². The number of anilines is 3. The van der Waals surface area contributed by atoms with E-state index in [1.54, 1.807) is 18.2 Å². The number of nitrogens with one attached hydrogen (secondary N) is 3. The van der Waals surface area contributed by atoms with Crippen LogP contribution in [0.15, 0.2) is 78.9 Å². The molecule has 0 aromatic heterocycles. The number of amides is 1. The number of thiocarbonyl (C=S) groups is 1. The number of hydrogen-bond acceptors (Lipinski definition) is 4. The maximum Gasteiger partial charge on any atom is 0.261 e. The Morgan fingerprint density at radius 2 is 1.47 bits per heavy atom. The predicted molar refractivity (Wildman–Crippen MR) is 127 cm³/mol. The molecule has 3 aromatic carbocycles. The van der Waals surface area contributed by atoms with Crippen LogP contribution in [0.4, 0.5) is 17.1 Å². The summed E-state index contributed by atoms with van der Waals surface area (Å²) in [5.74, 6) is 0.597. The van der Waals surface area contributed by atoms with Gasteiger partial charge in [0.2, 0.25) is 0 Å². The van der Waals surface area contributed by atoms with Gasteiger partial charge >= 0.3 is 0 Å². The molecule has 3 rings (SSSR count). The summed E-state index contributed by atoms with van der Waals surface area (Å²) in [6.07, 6.45) is 0. The Bertz CT molecular complexity index is 989. The van der Waals surface area contributed by atoms with Gasteiger partial charge in [0.1, 0.15) is 5.75 Å². The Hall–Kier alpha value is -3.38. The van der Waals surface area contributed by atoms with E-state index in [9.17, 15) is 4.79 Å². The highest BCUT2D eigenvalue weighted by molar-refractivity contribution is 7.80. The van der Waals surface area contributed by atoms with Gasteiger partial charge in [-0.2, -0.15) is 0 Å². The van der Waals surface area contributed by atoms with Crippen molar-refractivity contribution in [2.24, 2.45) is 5.92 Å². The number of carbonyl (C=O) groups is 1. The van der Waals surface area contributed by atoms with E-state index in [1.165, 1.54) is 0 Å². The molecule has 0 aliphatic rings. The minimum atomic E-state index is -0.311. The Morgan fingerprint density at radius 1 is 0.867 bits per heavy atom. The fraction of sp³-hybridized carbons (Fsp3) is 0.167. The number of benzene rings is 3. The summed E-state index contributed by atoms with van der Waals surface area (Å²) in [7, 11) is 0. The monoisotopic (exact) mass is 419 g/mol. The van der Waals surface area contributed by atoms with E-state index < -0.39 is 0 Å². The third-order valence-corrected chi connectivity index (χ3v) is 4.34. The molecule has 5 nitrogen and oxygen atoms in total. The van der Waals surface area contributed by atoms with Crippen LogP contribution in [0.3, 0.4) is 0 Å². The van der Waals surface area contributed by atoms with Crippen LogP contribution in [0.1, 0.15) is 24.2 Å². The lowest BCUT2D eigenvalue weighted by Gasteiger charge is -2.14. The number of para-hydroxylation sites is 2. The zero-order valence-electron chi connectivity index (χ0n) is 17.0. The molecule has 0 fully saturated rings. The molecule has 0 saturated carbocycles. The van der Waals surface area contributed by atoms with E-state index in [0.717, 1.165) is 17.1 Å². The molecule has 30 heavy (non-hydrogen) atoms. The minimum absolute atomic E-state index is 0.224. The molecule has 1 amide bonds. The normalized spacial score (nSPS) is 10.4. The molecule has 0 atom stereocenters. The van der Waals surface area contributed by atoms with Gasteiger partial charge in [-0.1, -0.05) is 44.2 Å². The standard InChI is InChI=1S/C24H25N3O2S/c1-17(2)16-29-22-11-7-6-10-21(22)23(28)27-24(30)26-20-14-12-19(13-15-20)25-18-8-4-3-5-9-18/h3-15,17,25H,16H2,1-2H3,(H2,26,27,28,30). The Morgan fingerprint density at radius 3 is 2.17 bits per heavy atom. The topological polar surface area (TPSA) is 62.4 Å². The van der Waals surface area contributed by atoms with Gasteiger partial charge in [-0.05, 0) is 66.7 Å². The first-order chi connectivity index (χ1) is 14.5. The molecule has 3 N–H and O–H groups in total. The average Bonchev–Trinajstić information content (AvgIpc) is 2.74. The number of rotatable bonds is 7. The molecular weight excluding hydrogens is 394 g/mol. The van der Waals surface area contributed by atoms with Crippen molar-refractivity contribution in [3.05, 3.63) is 84.4 Å². The summed E-state index contributed by atoms with van der Waals surface area (Å²) in [4.78, 5) is 12.6. The van der Waals surface area contributed by atoms with Crippen LogP contribution in [0, 0.1) is 5.92 Å².